The van der Waals surface area contributed by atoms with Gasteiger partial charge in [0.05, 0.1) is 0 Å². The second-order valence-corrected chi connectivity index (χ2v) is 5.78. The molecule has 2 rings (SSSR count). The Labute approximate surface area is 143 Å². The second-order valence-electron chi connectivity index (χ2n) is 5.78. The number of halogens is 2. The van der Waals surface area contributed by atoms with Crippen LogP contribution in [0.1, 0.15) is 38.8 Å². The molecule has 0 aliphatic rings. The van der Waals surface area contributed by atoms with E-state index in [0.717, 1.165) is 11.8 Å². The molecular formula is C18H26F2Ti. The first-order chi connectivity index (χ1) is 8.58. The summed E-state index contributed by atoms with van der Waals surface area (Å²) in [6, 6.07) is 17.1. The zero-order chi connectivity index (χ0) is 13.4. The average molecular weight is 328 g/mol. The van der Waals surface area contributed by atoms with E-state index >= 15 is 0 Å². The molecule has 3 heteroatoms. The quantitative estimate of drug-likeness (QED) is 0.510. The van der Waals surface area contributed by atoms with Crippen LogP contribution in [0.3, 0.4) is 0 Å². The van der Waals surface area contributed by atoms with E-state index in [9.17, 15) is 0 Å². The molecule has 2 aromatic rings. The van der Waals surface area contributed by atoms with Crippen LogP contribution in [0.4, 0.5) is 0 Å². The predicted molar refractivity (Wildman–Crippen MR) is 81.2 cm³/mol. The third kappa shape index (κ3) is 12.7. The van der Waals surface area contributed by atoms with Gasteiger partial charge >= 0.3 is 21.7 Å². The Morgan fingerprint density at radius 3 is 1.05 bits per heavy atom. The first-order valence-electron chi connectivity index (χ1n) is 6.99. The molecule has 0 radical (unpaired) electrons. The molecule has 0 aliphatic carbocycles. The zero-order valence-electron chi connectivity index (χ0n) is 13.4. The Balaban J connectivity index is -0.000000270. The van der Waals surface area contributed by atoms with E-state index in [1.54, 1.807) is 0 Å². The van der Waals surface area contributed by atoms with E-state index in [1.807, 2.05) is 0 Å². The van der Waals surface area contributed by atoms with Crippen molar-refractivity contribution in [2.24, 2.45) is 11.8 Å². The zero-order valence-corrected chi connectivity index (χ0v) is 15.0. The van der Waals surface area contributed by atoms with Crippen LogP contribution in [0.15, 0.2) is 48.5 Å². The molecule has 0 saturated carbocycles. The van der Waals surface area contributed by atoms with Gasteiger partial charge in [-0.05, 0) is 0 Å². The van der Waals surface area contributed by atoms with E-state index in [2.05, 4.69) is 76.2 Å². The molecule has 0 atom stereocenters. The normalized spacial score (nSPS) is 9.05. The molecule has 0 bridgehead atoms. The van der Waals surface area contributed by atoms with Crippen molar-refractivity contribution in [1.29, 1.82) is 0 Å². The molecule has 0 amide bonds. The van der Waals surface area contributed by atoms with Gasteiger partial charge in [-0.25, -0.2) is 24.3 Å². The molecule has 0 saturated heterocycles. The molecular weight excluding hydrogens is 302 g/mol. The van der Waals surface area contributed by atoms with Gasteiger partial charge in [0.1, 0.15) is 0 Å². The van der Waals surface area contributed by atoms with Gasteiger partial charge in [0.15, 0.2) is 0 Å². The van der Waals surface area contributed by atoms with Crippen molar-refractivity contribution < 1.29 is 31.1 Å². The molecule has 0 aliphatic heterocycles. The Bertz CT molecular complexity index is 349. The fraction of sp³-hybridized carbons (Fsp3) is 0.444. The van der Waals surface area contributed by atoms with Gasteiger partial charge in [0.25, 0.3) is 0 Å². The summed E-state index contributed by atoms with van der Waals surface area (Å²) in [4.78, 5) is 0. The summed E-state index contributed by atoms with van der Waals surface area (Å²) in [7, 11) is 0. The van der Waals surface area contributed by atoms with Crippen molar-refractivity contribution in [3.05, 3.63) is 59.7 Å². The molecule has 2 aromatic carbocycles. The van der Waals surface area contributed by atoms with Crippen molar-refractivity contribution in [2.45, 2.75) is 40.5 Å². The SMILES string of the molecule is CC(C)C[c-]1cccc1.CC(C)C[c-]1cccc1.[F-].[F-].[Ti+4]. The predicted octanol–water partition coefficient (Wildman–Crippen LogP) is -0.786. The van der Waals surface area contributed by atoms with Gasteiger partial charge in [-0.3, -0.25) is 0 Å². The molecule has 0 heterocycles. The summed E-state index contributed by atoms with van der Waals surface area (Å²) in [5.74, 6) is 1.57. The fourth-order valence-electron chi connectivity index (χ4n) is 2.04. The molecule has 0 unspecified atom stereocenters. The summed E-state index contributed by atoms with van der Waals surface area (Å²) in [6.45, 7) is 8.97. The first kappa shape index (κ1) is 25.2. The Hall–Kier alpha value is -0.726. The minimum Gasteiger partial charge on any atom is -1.00 e. The van der Waals surface area contributed by atoms with E-state index in [1.165, 1.54) is 24.0 Å². The van der Waals surface area contributed by atoms with Crippen molar-refractivity contribution in [1.82, 2.24) is 0 Å². The molecule has 0 nitrogen and oxygen atoms in total. The maximum atomic E-state index is 2.24. The van der Waals surface area contributed by atoms with E-state index in [0.29, 0.717) is 0 Å². The van der Waals surface area contributed by atoms with E-state index in [-0.39, 0.29) is 31.1 Å². The van der Waals surface area contributed by atoms with E-state index in [4.69, 9.17) is 0 Å². The van der Waals surface area contributed by atoms with Crippen molar-refractivity contribution in [3.8, 4) is 0 Å². The third-order valence-corrected chi connectivity index (χ3v) is 2.75. The van der Waals surface area contributed by atoms with Gasteiger partial charge < -0.3 is 9.41 Å². The van der Waals surface area contributed by atoms with Gasteiger partial charge in [-0.15, -0.1) is 0 Å². The van der Waals surface area contributed by atoms with Crippen LogP contribution in [-0.2, 0) is 34.6 Å². The molecule has 0 N–H and O–H groups in total. The van der Waals surface area contributed by atoms with Gasteiger partial charge in [-0.1, -0.05) is 52.4 Å². The first-order valence-corrected chi connectivity index (χ1v) is 6.99. The maximum Gasteiger partial charge on any atom is 4.00 e. The van der Waals surface area contributed by atoms with Crippen LogP contribution >= 0.6 is 0 Å². The standard InChI is InChI=1S/2C9H13.2FH.Ti/c2*1-8(2)7-9-5-3-4-6-9;;;/h2*3-6,8H,7H2,1-2H3;2*1H;/q2*-1;;;+4/p-2. The van der Waals surface area contributed by atoms with Crippen molar-refractivity contribution in [2.75, 3.05) is 0 Å². The maximum absolute atomic E-state index is 2.24. The summed E-state index contributed by atoms with van der Waals surface area (Å²) < 4.78 is 0. The fourth-order valence-corrected chi connectivity index (χ4v) is 2.04. The minimum absolute atomic E-state index is 0. The van der Waals surface area contributed by atoms with Crippen LogP contribution in [0.5, 0.6) is 0 Å². The van der Waals surface area contributed by atoms with Crippen LogP contribution in [-0.4, -0.2) is 0 Å². The summed E-state index contributed by atoms with van der Waals surface area (Å²) >= 11 is 0. The van der Waals surface area contributed by atoms with Crippen LogP contribution in [0, 0.1) is 11.8 Å². The van der Waals surface area contributed by atoms with Crippen molar-refractivity contribution >= 4 is 0 Å². The second kappa shape index (κ2) is 14.2. The molecule has 21 heavy (non-hydrogen) atoms. The Morgan fingerprint density at radius 1 is 0.619 bits per heavy atom. The van der Waals surface area contributed by atoms with Crippen molar-refractivity contribution in [3.63, 3.8) is 0 Å². The monoisotopic (exact) mass is 328 g/mol. The molecule has 0 aromatic heterocycles. The Morgan fingerprint density at radius 2 is 0.857 bits per heavy atom. The van der Waals surface area contributed by atoms with Crippen LogP contribution in [0.25, 0.3) is 0 Å². The topological polar surface area (TPSA) is 0 Å². The van der Waals surface area contributed by atoms with E-state index < -0.39 is 0 Å². The summed E-state index contributed by atoms with van der Waals surface area (Å²) in [5.41, 5.74) is 2.93. The molecule has 0 fully saturated rings. The third-order valence-electron chi connectivity index (χ3n) is 2.75. The summed E-state index contributed by atoms with van der Waals surface area (Å²) in [5, 5.41) is 0. The largest absolute Gasteiger partial charge is 4.00 e. The Kier molecular flexibility index (Phi) is 17.1. The molecule has 116 valence electrons. The van der Waals surface area contributed by atoms with Gasteiger partial charge in [0, 0.05) is 0 Å². The van der Waals surface area contributed by atoms with Gasteiger partial charge in [0.2, 0.25) is 0 Å². The number of hydrogen-bond acceptors (Lipinski definition) is 0. The molecule has 0 spiro atoms. The average Bonchev–Trinajstić information content (AvgIpc) is 2.90. The minimum atomic E-state index is 0. The number of rotatable bonds is 4. The number of hydrogen-bond donors (Lipinski definition) is 0. The smallest absolute Gasteiger partial charge is 1.00 e. The summed E-state index contributed by atoms with van der Waals surface area (Å²) in [6.07, 6.45) is 2.43. The van der Waals surface area contributed by atoms with Crippen LogP contribution in [0.2, 0.25) is 0 Å². The van der Waals surface area contributed by atoms with Crippen LogP contribution < -0.4 is 9.41 Å². The van der Waals surface area contributed by atoms with Gasteiger partial charge in [-0.2, -0.15) is 35.4 Å².